The Hall–Kier alpha value is -2.11. The van der Waals surface area contributed by atoms with Crippen molar-refractivity contribution in [3.8, 4) is 0 Å². The van der Waals surface area contributed by atoms with E-state index < -0.39 is 26.6 Å². The van der Waals surface area contributed by atoms with Gasteiger partial charge in [0.2, 0.25) is 15.9 Å². The highest BCUT2D eigenvalue weighted by Gasteiger charge is 2.33. The predicted molar refractivity (Wildman–Crippen MR) is 92.4 cm³/mol. The zero-order valence-corrected chi connectivity index (χ0v) is 16.0. The number of rotatable bonds is 6. The summed E-state index contributed by atoms with van der Waals surface area (Å²) in [5.41, 5.74) is 0. The van der Waals surface area contributed by atoms with Crippen LogP contribution in [0.1, 0.15) is 0 Å². The Balaban J connectivity index is 1.90. The van der Waals surface area contributed by atoms with Crippen molar-refractivity contribution < 1.29 is 31.7 Å². The third-order valence-electron chi connectivity index (χ3n) is 4.29. The summed E-state index contributed by atoms with van der Waals surface area (Å²) in [5, 5.41) is 2.52. The van der Waals surface area contributed by atoms with Gasteiger partial charge in [0.05, 0.1) is 32.7 Å². The number of hydrogen-bond acceptors (Lipinski definition) is 4. The second kappa shape index (κ2) is 8.72. The summed E-state index contributed by atoms with van der Waals surface area (Å²) in [6.45, 7) is 0.840. The number of likely N-dealkylation sites (N-methyl/N-ethyl adjacent to an activating group) is 1. The van der Waals surface area contributed by atoms with E-state index in [-0.39, 0.29) is 38.0 Å². The Kier molecular flexibility index (Phi) is 6.84. The van der Waals surface area contributed by atoms with Crippen LogP contribution in [0.2, 0.25) is 0 Å². The van der Waals surface area contributed by atoms with Crippen molar-refractivity contribution >= 4 is 21.8 Å². The van der Waals surface area contributed by atoms with E-state index in [0.717, 1.165) is 21.3 Å². The molecule has 0 bridgehead atoms. The topological polar surface area (TPSA) is 91.2 Å². The molecule has 1 aliphatic heterocycles. The first-order valence-electron chi connectivity index (χ1n) is 8.37. The van der Waals surface area contributed by atoms with Crippen molar-refractivity contribution in [2.75, 3.05) is 53.4 Å². The molecule has 2 amide bonds. The fourth-order valence-electron chi connectivity index (χ4n) is 2.66. The van der Waals surface area contributed by atoms with Gasteiger partial charge in [0.1, 0.15) is 16.5 Å². The molecule has 2 rings (SSSR count). The highest BCUT2D eigenvalue weighted by Crippen LogP contribution is 2.20. The van der Waals surface area contributed by atoms with Crippen LogP contribution in [0.5, 0.6) is 0 Å². The highest BCUT2D eigenvalue weighted by atomic mass is 32.2. The molecule has 1 aromatic rings. The van der Waals surface area contributed by atoms with E-state index in [1.54, 1.807) is 14.1 Å². The van der Waals surface area contributed by atoms with Gasteiger partial charge in [-0.1, -0.05) is 0 Å². The lowest BCUT2D eigenvalue weighted by molar-refractivity contribution is -0.895. The molecular weight excluding hydrogens is 382 g/mol. The molecule has 1 fully saturated rings. The van der Waals surface area contributed by atoms with Gasteiger partial charge in [-0.3, -0.25) is 9.59 Å². The van der Waals surface area contributed by atoms with E-state index >= 15 is 0 Å². The molecule has 1 saturated heterocycles. The molecule has 0 aromatic heterocycles. The molecule has 0 spiro atoms. The molecule has 1 heterocycles. The Bertz CT molecular complexity index is 809. The van der Waals surface area contributed by atoms with Crippen LogP contribution in [0, 0.1) is 11.6 Å². The summed E-state index contributed by atoms with van der Waals surface area (Å²) in [4.78, 5) is 24.9. The number of sulfonamides is 1. The summed E-state index contributed by atoms with van der Waals surface area (Å²) in [6, 6.07) is 2.30. The van der Waals surface area contributed by atoms with E-state index in [2.05, 4.69) is 5.32 Å². The molecule has 0 aliphatic carbocycles. The maximum Gasteiger partial charge on any atom is 0.275 e. The summed E-state index contributed by atoms with van der Waals surface area (Å²) in [6.07, 6.45) is 0. The van der Waals surface area contributed by atoms with Gasteiger partial charge in [-0.15, -0.1) is 0 Å². The van der Waals surface area contributed by atoms with Crippen molar-refractivity contribution in [3.63, 3.8) is 0 Å². The van der Waals surface area contributed by atoms with Crippen molar-refractivity contribution in [1.82, 2.24) is 14.5 Å². The summed E-state index contributed by atoms with van der Waals surface area (Å²) >= 11 is 0. The minimum absolute atomic E-state index is 0.0809. The number of carbonyl (C=O) groups is 2. The Morgan fingerprint density at radius 3 is 2.44 bits per heavy atom. The quantitative estimate of drug-likeness (QED) is 0.576. The molecule has 1 aromatic carbocycles. The number of amides is 2. The standard InChI is InChI=1S/C16H22F2N4O4S/c1-20(2)16(24)10-19-15(23)11-21-5-7-22(8-6-21)27(25,26)14-9-12(17)3-4-13(14)18/h3-4,9H,5-8,10-11H2,1-2H3,(H,19,23)/p+1. The number of halogens is 2. The monoisotopic (exact) mass is 405 g/mol. The number of carbonyl (C=O) groups excluding carboxylic acids is 2. The summed E-state index contributed by atoms with van der Waals surface area (Å²) in [7, 11) is -0.975. The number of nitrogens with zero attached hydrogens (tertiary/aromatic N) is 2. The lowest BCUT2D eigenvalue weighted by Crippen LogP contribution is -3.15. The van der Waals surface area contributed by atoms with Gasteiger partial charge in [-0.2, -0.15) is 4.31 Å². The SMILES string of the molecule is CN(C)C(=O)CNC(=O)C[NH+]1CCN(S(=O)(=O)c2cc(F)ccc2F)CC1. The average Bonchev–Trinajstić information content (AvgIpc) is 2.62. The Labute approximate surface area is 156 Å². The second-order valence-corrected chi connectivity index (χ2v) is 8.38. The zero-order chi connectivity index (χ0) is 20.2. The molecule has 0 unspecified atom stereocenters. The Morgan fingerprint density at radius 1 is 1.22 bits per heavy atom. The van der Waals surface area contributed by atoms with Crippen LogP contribution in [0.25, 0.3) is 0 Å². The van der Waals surface area contributed by atoms with E-state index in [0.29, 0.717) is 19.2 Å². The molecule has 8 nitrogen and oxygen atoms in total. The van der Waals surface area contributed by atoms with Gasteiger partial charge in [-0.25, -0.2) is 17.2 Å². The normalized spacial score (nSPS) is 16.1. The van der Waals surface area contributed by atoms with E-state index in [4.69, 9.17) is 0 Å². The lowest BCUT2D eigenvalue weighted by atomic mass is 10.3. The van der Waals surface area contributed by atoms with Crippen LogP contribution < -0.4 is 10.2 Å². The Morgan fingerprint density at radius 2 is 1.85 bits per heavy atom. The van der Waals surface area contributed by atoms with E-state index in [1.165, 1.54) is 4.90 Å². The number of nitrogens with one attached hydrogen (secondary N) is 2. The molecule has 27 heavy (non-hydrogen) atoms. The first-order valence-corrected chi connectivity index (χ1v) is 9.81. The fourth-order valence-corrected chi connectivity index (χ4v) is 4.17. The molecule has 0 atom stereocenters. The zero-order valence-electron chi connectivity index (χ0n) is 15.2. The molecule has 0 radical (unpaired) electrons. The van der Waals surface area contributed by atoms with Crippen LogP contribution in [-0.2, 0) is 19.6 Å². The number of hydrogen-bond donors (Lipinski definition) is 2. The molecule has 11 heteroatoms. The van der Waals surface area contributed by atoms with Crippen LogP contribution >= 0.6 is 0 Å². The molecule has 0 saturated carbocycles. The number of piperazine rings is 1. The van der Waals surface area contributed by atoms with Gasteiger partial charge >= 0.3 is 0 Å². The van der Waals surface area contributed by atoms with Crippen LogP contribution in [-0.4, -0.2) is 82.8 Å². The molecule has 1 aliphatic rings. The third-order valence-corrected chi connectivity index (χ3v) is 6.20. The van der Waals surface area contributed by atoms with Crippen LogP contribution in [0.15, 0.2) is 23.1 Å². The van der Waals surface area contributed by atoms with Crippen molar-refractivity contribution in [2.45, 2.75) is 4.90 Å². The minimum atomic E-state index is -4.14. The van der Waals surface area contributed by atoms with Gasteiger partial charge in [0, 0.05) is 14.1 Å². The van der Waals surface area contributed by atoms with Crippen LogP contribution in [0.3, 0.4) is 0 Å². The average molecular weight is 405 g/mol. The van der Waals surface area contributed by atoms with Gasteiger partial charge < -0.3 is 15.1 Å². The van der Waals surface area contributed by atoms with Crippen molar-refractivity contribution in [3.05, 3.63) is 29.8 Å². The maximum atomic E-state index is 13.8. The van der Waals surface area contributed by atoms with E-state index in [9.17, 15) is 26.8 Å². The predicted octanol–water partition coefficient (Wildman–Crippen LogP) is -1.94. The number of benzene rings is 1. The fraction of sp³-hybridized carbons (Fsp3) is 0.500. The summed E-state index contributed by atoms with van der Waals surface area (Å²) < 4.78 is 53.2. The third kappa shape index (κ3) is 5.44. The second-order valence-electron chi connectivity index (χ2n) is 6.47. The van der Waals surface area contributed by atoms with Gasteiger partial charge in [-0.05, 0) is 18.2 Å². The first kappa shape index (κ1) is 21.2. The largest absolute Gasteiger partial charge is 0.347 e. The first-order chi connectivity index (χ1) is 12.6. The molecule has 150 valence electrons. The molecular formula is C16H23F2N4O4S+. The summed E-state index contributed by atoms with van der Waals surface area (Å²) in [5.74, 6) is -2.38. The van der Waals surface area contributed by atoms with Gasteiger partial charge in [0.25, 0.3) is 5.91 Å². The number of quaternary nitrogens is 1. The van der Waals surface area contributed by atoms with E-state index in [1.807, 2.05) is 0 Å². The van der Waals surface area contributed by atoms with Crippen LogP contribution in [0.4, 0.5) is 8.78 Å². The lowest BCUT2D eigenvalue weighted by Gasteiger charge is -2.31. The van der Waals surface area contributed by atoms with Crippen molar-refractivity contribution in [1.29, 1.82) is 0 Å². The minimum Gasteiger partial charge on any atom is -0.347 e. The highest BCUT2D eigenvalue weighted by molar-refractivity contribution is 7.89. The molecule has 2 N–H and O–H groups in total. The smallest absolute Gasteiger partial charge is 0.275 e. The van der Waals surface area contributed by atoms with Crippen molar-refractivity contribution in [2.24, 2.45) is 0 Å². The maximum absolute atomic E-state index is 13.8. The van der Waals surface area contributed by atoms with Gasteiger partial charge in [0.15, 0.2) is 6.54 Å².